The second-order valence-electron chi connectivity index (χ2n) is 8.06. The molecule has 0 aromatic carbocycles. The van der Waals surface area contributed by atoms with Crippen molar-refractivity contribution >= 4 is 11.8 Å². The fourth-order valence-corrected chi connectivity index (χ4v) is 4.57. The highest BCUT2D eigenvalue weighted by atomic mass is 16.6. The van der Waals surface area contributed by atoms with E-state index in [1.807, 2.05) is 26.0 Å². The highest BCUT2D eigenvalue weighted by Gasteiger charge is 2.47. The minimum Gasteiger partial charge on any atom is -0.459 e. The number of nitrogens with two attached hydrogens (primary N) is 1. The van der Waals surface area contributed by atoms with Crippen molar-refractivity contribution in [1.29, 1.82) is 0 Å². The van der Waals surface area contributed by atoms with Gasteiger partial charge in [-0.3, -0.25) is 9.59 Å². The summed E-state index contributed by atoms with van der Waals surface area (Å²) >= 11 is 0. The van der Waals surface area contributed by atoms with Crippen LogP contribution in [-0.4, -0.2) is 46.8 Å². The molecular formula is C21H33NO5. The molecule has 4 N–H and O–H groups in total. The maximum Gasteiger partial charge on any atom is 0.306 e. The number of rotatable bonds is 5. The van der Waals surface area contributed by atoms with Gasteiger partial charge in [-0.1, -0.05) is 30.7 Å². The molecule has 6 heteroatoms. The van der Waals surface area contributed by atoms with Gasteiger partial charge in [0.15, 0.2) is 0 Å². The Morgan fingerprint density at radius 1 is 1.48 bits per heavy atom. The van der Waals surface area contributed by atoms with E-state index in [1.54, 1.807) is 6.92 Å². The normalized spacial score (nSPS) is 36.0. The van der Waals surface area contributed by atoms with E-state index in [4.69, 9.17) is 10.5 Å². The Morgan fingerprint density at radius 3 is 2.81 bits per heavy atom. The Kier molecular flexibility index (Phi) is 7.37. The van der Waals surface area contributed by atoms with Crippen LogP contribution in [0.5, 0.6) is 0 Å². The molecule has 0 amide bonds. The highest BCUT2D eigenvalue weighted by Crippen LogP contribution is 2.48. The number of ketones is 1. The maximum atomic E-state index is 13.4. The molecule has 0 saturated carbocycles. The molecule has 6 nitrogen and oxygen atoms in total. The number of cyclic esters (lactones) is 1. The van der Waals surface area contributed by atoms with Crippen molar-refractivity contribution in [2.75, 3.05) is 6.61 Å². The van der Waals surface area contributed by atoms with Crippen molar-refractivity contribution in [3.63, 3.8) is 0 Å². The summed E-state index contributed by atoms with van der Waals surface area (Å²) < 4.78 is 5.51. The van der Waals surface area contributed by atoms with Crippen LogP contribution < -0.4 is 5.73 Å². The molecule has 6 unspecified atom stereocenters. The summed E-state index contributed by atoms with van der Waals surface area (Å²) in [4.78, 5) is 25.7. The fourth-order valence-electron chi connectivity index (χ4n) is 4.57. The molecule has 2 aliphatic rings. The van der Waals surface area contributed by atoms with Crippen LogP contribution in [0.1, 0.15) is 52.9 Å². The summed E-state index contributed by atoms with van der Waals surface area (Å²) in [5.74, 6) is -0.673. The zero-order chi connectivity index (χ0) is 20.2. The van der Waals surface area contributed by atoms with Crippen LogP contribution in [0.2, 0.25) is 0 Å². The molecule has 152 valence electrons. The maximum absolute atomic E-state index is 13.4. The van der Waals surface area contributed by atoms with Gasteiger partial charge in [-0.05, 0) is 39.0 Å². The van der Waals surface area contributed by atoms with Crippen LogP contribution in [0.15, 0.2) is 23.8 Å². The Balaban J connectivity index is 2.51. The molecule has 0 spiro atoms. The van der Waals surface area contributed by atoms with Crippen LogP contribution >= 0.6 is 0 Å². The molecule has 2 rings (SSSR count). The topological polar surface area (TPSA) is 110 Å². The van der Waals surface area contributed by atoms with E-state index in [9.17, 15) is 19.8 Å². The van der Waals surface area contributed by atoms with E-state index in [0.717, 1.165) is 12.0 Å². The third kappa shape index (κ3) is 4.68. The lowest BCUT2D eigenvalue weighted by molar-refractivity contribution is -0.158. The van der Waals surface area contributed by atoms with Crippen molar-refractivity contribution in [1.82, 2.24) is 0 Å². The smallest absolute Gasteiger partial charge is 0.306 e. The van der Waals surface area contributed by atoms with Gasteiger partial charge in [-0.2, -0.15) is 0 Å². The molecule has 1 aliphatic heterocycles. The zero-order valence-corrected chi connectivity index (χ0v) is 16.6. The third-order valence-electron chi connectivity index (χ3n) is 6.02. The number of esters is 1. The van der Waals surface area contributed by atoms with Gasteiger partial charge in [0.05, 0.1) is 18.1 Å². The zero-order valence-electron chi connectivity index (χ0n) is 16.6. The van der Waals surface area contributed by atoms with Crippen molar-refractivity contribution in [3.8, 4) is 0 Å². The first-order valence-corrected chi connectivity index (χ1v) is 9.85. The summed E-state index contributed by atoms with van der Waals surface area (Å²) in [7, 11) is 0. The second-order valence-corrected chi connectivity index (χ2v) is 8.06. The number of ether oxygens (including phenoxy) is 1. The van der Waals surface area contributed by atoms with E-state index in [1.165, 1.54) is 0 Å². The molecule has 0 fully saturated rings. The second kappa shape index (κ2) is 9.13. The van der Waals surface area contributed by atoms with Gasteiger partial charge in [0.25, 0.3) is 0 Å². The largest absolute Gasteiger partial charge is 0.459 e. The van der Waals surface area contributed by atoms with E-state index < -0.39 is 23.7 Å². The number of aliphatic hydroxyl groups excluding tert-OH is 2. The highest BCUT2D eigenvalue weighted by molar-refractivity contribution is 5.89. The Bertz CT molecular complexity index is 612. The van der Waals surface area contributed by atoms with E-state index in [0.29, 0.717) is 12.8 Å². The van der Waals surface area contributed by atoms with Crippen LogP contribution in [0, 0.1) is 17.3 Å². The molecule has 0 bridgehead atoms. The molecule has 0 aromatic heterocycles. The Hall–Kier alpha value is -1.50. The average molecular weight is 379 g/mol. The molecule has 0 aromatic rings. The number of carbonyl (C=O) groups excluding carboxylic acids is 2. The number of allylic oxidation sites excluding steroid dienone is 3. The van der Waals surface area contributed by atoms with Gasteiger partial charge < -0.3 is 20.7 Å². The number of Topliss-reactive ketones (excluding diaryl/α,β-unsaturated/α-hetero) is 1. The van der Waals surface area contributed by atoms with Crippen LogP contribution in [-0.2, 0) is 14.3 Å². The standard InChI is InChI=1S/C21H33NO5/c1-13-10-14(2)21(18(25)11-17(22)12-23)9-5-4-6-16(21)7-8-19(26)27-20(13)15(3)24/h4,6,10,13,15-17,20,23-24H,5,7-9,11-12,22H2,1-3H3/b14-10+. The SMILES string of the molecule is C/C1=C\C(C)C(C(C)O)OC(=O)CCC2C=CCCC12C(=O)CC(N)CO. The van der Waals surface area contributed by atoms with E-state index in [-0.39, 0.29) is 43.0 Å². The molecule has 0 saturated heterocycles. The minimum absolute atomic E-state index is 0.0156. The summed E-state index contributed by atoms with van der Waals surface area (Å²) in [6.45, 7) is 5.21. The van der Waals surface area contributed by atoms with E-state index in [2.05, 4.69) is 6.08 Å². The molecular weight excluding hydrogens is 346 g/mol. The average Bonchev–Trinajstić information content (AvgIpc) is 2.63. The lowest BCUT2D eigenvalue weighted by Crippen LogP contribution is -2.45. The van der Waals surface area contributed by atoms with Crippen molar-refractivity contribution in [3.05, 3.63) is 23.8 Å². The van der Waals surface area contributed by atoms with Crippen LogP contribution in [0.3, 0.4) is 0 Å². The summed E-state index contributed by atoms with van der Waals surface area (Å²) in [5.41, 5.74) is 6.07. The van der Waals surface area contributed by atoms with Crippen LogP contribution in [0.4, 0.5) is 0 Å². The number of aliphatic hydroxyl groups is 2. The van der Waals surface area contributed by atoms with Gasteiger partial charge in [0, 0.05) is 24.8 Å². The fraction of sp³-hybridized carbons (Fsp3) is 0.714. The van der Waals surface area contributed by atoms with E-state index >= 15 is 0 Å². The third-order valence-corrected chi connectivity index (χ3v) is 6.02. The molecule has 1 heterocycles. The molecule has 6 atom stereocenters. The van der Waals surface area contributed by atoms with Gasteiger partial charge in [-0.15, -0.1) is 0 Å². The predicted molar refractivity (Wildman–Crippen MR) is 103 cm³/mol. The number of hydrogen-bond acceptors (Lipinski definition) is 6. The van der Waals surface area contributed by atoms with Gasteiger partial charge in [-0.25, -0.2) is 0 Å². The monoisotopic (exact) mass is 379 g/mol. The molecule has 0 radical (unpaired) electrons. The lowest BCUT2D eigenvalue weighted by Gasteiger charge is -2.43. The number of hydrogen-bond donors (Lipinski definition) is 3. The van der Waals surface area contributed by atoms with Gasteiger partial charge >= 0.3 is 5.97 Å². The predicted octanol–water partition coefficient (Wildman–Crippen LogP) is 1.89. The van der Waals surface area contributed by atoms with Crippen molar-refractivity contribution in [2.24, 2.45) is 23.0 Å². The number of carbonyl (C=O) groups is 2. The Labute approximate surface area is 161 Å². The first-order chi connectivity index (χ1) is 12.7. The van der Waals surface area contributed by atoms with Crippen LogP contribution in [0.25, 0.3) is 0 Å². The summed E-state index contributed by atoms with van der Waals surface area (Å²) in [6, 6.07) is -0.589. The minimum atomic E-state index is -0.802. The molecule has 27 heavy (non-hydrogen) atoms. The number of fused-ring (bicyclic) bond motifs is 1. The summed E-state index contributed by atoms with van der Waals surface area (Å²) in [6.07, 6.45) is 6.85. The first-order valence-electron chi connectivity index (χ1n) is 9.85. The quantitative estimate of drug-likeness (QED) is 0.497. The Morgan fingerprint density at radius 2 is 2.19 bits per heavy atom. The molecule has 1 aliphatic carbocycles. The van der Waals surface area contributed by atoms with Crippen molar-refractivity contribution in [2.45, 2.75) is 71.1 Å². The summed E-state index contributed by atoms with van der Waals surface area (Å²) in [5, 5.41) is 19.4. The van der Waals surface area contributed by atoms with Gasteiger partial charge in [0.2, 0.25) is 0 Å². The van der Waals surface area contributed by atoms with Gasteiger partial charge in [0.1, 0.15) is 11.9 Å². The first kappa shape index (κ1) is 21.8. The van der Waals surface area contributed by atoms with Crippen molar-refractivity contribution < 1.29 is 24.5 Å². The lowest BCUT2D eigenvalue weighted by atomic mass is 9.60.